The molecule has 0 aliphatic heterocycles. The quantitative estimate of drug-likeness (QED) is 0.429. The number of methoxy groups -OCH3 is 4. The number of hydrogen-bond donors (Lipinski definition) is 2. The fraction of sp³-hybridized carbons (Fsp3) is 0.300. The summed E-state index contributed by atoms with van der Waals surface area (Å²) < 4.78 is 20.6. The third-order valence-electron chi connectivity index (χ3n) is 4.00. The first kappa shape index (κ1) is 20.9. The minimum Gasteiger partial charge on any atom is -0.496 e. The predicted octanol–water partition coefficient (Wildman–Crippen LogP) is 2.69. The molecule has 0 atom stereocenters. The molecule has 8 heteroatoms. The molecule has 2 N–H and O–H groups in total. The molecule has 0 saturated heterocycles. The van der Waals surface area contributed by atoms with Gasteiger partial charge >= 0.3 is 5.97 Å². The summed E-state index contributed by atoms with van der Waals surface area (Å²) in [6.07, 6.45) is 0. The number of anilines is 1. The largest absolute Gasteiger partial charge is 0.496 e. The van der Waals surface area contributed by atoms with E-state index in [2.05, 4.69) is 15.6 Å². The van der Waals surface area contributed by atoms with Crippen molar-refractivity contribution in [2.45, 2.75) is 6.54 Å². The van der Waals surface area contributed by atoms with Crippen LogP contribution >= 0.6 is 0 Å². The zero-order valence-corrected chi connectivity index (χ0v) is 16.7. The minimum absolute atomic E-state index is 0.368. The van der Waals surface area contributed by atoms with E-state index in [0.717, 1.165) is 11.3 Å². The standard InChI is InChI=1S/C20H25N3O5/c1-21-20(23-14-7-9-17(26-3)18(11-14)27-4)22-12-13-6-8-16(25-2)15(10-13)19(24)28-5/h6-11H,12H2,1-5H3,(H2,21,22,23). The molecular weight excluding hydrogens is 362 g/mol. The van der Waals surface area contributed by atoms with Crippen molar-refractivity contribution in [1.82, 2.24) is 5.32 Å². The Morgan fingerprint density at radius 1 is 0.929 bits per heavy atom. The van der Waals surface area contributed by atoms with Crippen LogP contribution in [0.1, 0.15) is 15.9 Å². The van der Waals surface area contributed by atoms with Gasteiger partial charge in [-0.25, -0.2) is 4.79 Å². The number of ether oxygens (including phenoxy) is 4. The zero-order chi connectivity index (χ0) is 20.5. The maximum Gasteiger partial charge on any atom is 0.341 e. The van der Waals surface area contributed by atoms with Gasteiger partial charge in [-0.05, 0) is 29.8 Å². The SMILES string of the molecule is CN=C(NCc1ccc(OC)c(C(=O)OC)c1)Nc1ccc(OC)c(OC)c1. The summed E-state index contributed by atoms with van der Waals surface area (Å²) in [6.45, 7) is 0.445. The number of rotatable bonds is 7. The number of aliphatic imine (C=N–C) groups is 1. The molecule has 0 heterocycles. The van der Waals surface area contributed by atoms with Crippen LogP contribution in [0.4, 0.5) is 5.69 Å². The van der Waals surface area contributed by atoms with Gasteiger partial charge in [-0.15, -0.1) is 0 Å². The third-order valence-corrected chi connectivity index (χ3v) is 4.00. The van der Waals surface area contributed by atoms with Crippen LogP contribution in [-0.2, 0) is 11.3 Å². The second kappa shape index (κ2) is 10.1. The van der Waals surface area contributed by atoms with Crippen molar-refractivity contribution in [2.24, 2.45) is 4.99 Å². The lowest BCUT2D eigenvalue weighted by Gasteiger charge is -2.15. The number of carbonyl (C=O) groups excluding carboxylic acids is 1. The van der Waals surface area contributed by atoms with Gasteiger partial charge in [0.1, 0.15) is 11.3 Å². The molecule has 0 fully saturated rings. The van der Waals surface area contributed by atoms with Crippen molar-refractivity contribution in [1.29, 1.82) is 0 Å². The van der Waals surface area contributed by atoms with Crippen molar-refractivity contribution in [3.05, 3.63) is 47.5 Å². The van der Waals surface area contributed by atoms with Gasteiger partial charge in [0.25, 0.3) is 0 Å². The highest BCUT2D eigenvalue weighted by Gasteiger charge is 2.13. The summed E-state index contributed by atoms with van der Waals surface area (Å²) in [5.74, 6) is 1.82. The smallest absolute Gasteiger partial charge is 0.341 e. The Morgan fingerprint density at radius 2 is 1.61 bits per heavy atom. The Kier molecular flexibility index (Phi) is 7.50. The van der Waals surface area contributed by atoms with Gasteiger partial charge in [-0.3, -0.25) is 4.99 Å². The first-order valence-corrected chi connectivity index (χ1v) is 8.51. The highest BCUT2D eigenvalue weighted by Crippen LogP contribution is 2.29. The fourth-order valence-electron chi connectivity index (χ4n) is 2.55. The molecule has 0 unspecified atom stereocenters. The predicted molar refractivity (Wildman–Crippen MR) is 108 cm³/mol. The Hall–Kier alpha value is -3.42. The van der Waals surface area contributed by atoms with Crippen LogP contribution < -0.4 is 24.8 Å². The van der Waals surface area contributed by atoms with Crippen LogP contribution in [-0.4, -0.2) is 47.4 Å². The molecule has 8 nitrogen and oxygen atoms in total. The fourth-order valence-corrected chi connectivity index (χ4v) is 2.55. The topological polar surface area (TPSA) is 90.4 Å². The van der Waals surface area contributed by atoms with Gasteiger partial charge in [0, 0.05) is 25.3 Å². The number of carbonyl (C=O) groups is 1. The Labute approximate surface area is 164 Å². The monoisotopic (exact) mass is 387 g/mol. The van der Waals surface area contributed by atoms with E-state index in [1.54, 1.807) is 39.5 Å². The molecule has 28 heavy (non-hydrogen) atoms. The van der Waals surface area contributed by atoms with Crippen molar-refractivity contribution in [3.63, 3.8) is 0 Å². The van der Waals surface area contributed by atoms with Crippen molar-refractivity contribution >= 4 is 17.6 Å². The average Bonchev–Trinajstić information content (AvgIpc) is 2.75. The molecule has 0 saturated carbocycles. The van der Waals surface area contributed by atoms with Crippen molar-refractivity contribution in [2.75, 3.05) is 40.8 Å². The van der Waals surface area contributed by atoms with E-state index in [9.17, 15) is 4.79 Å². The number of esters is 1. The number of hydrogen-bond acceptors (Lipinski definition) is 6. The molecule has 0 radical (unpaired) electrons. The molecule has 0 aliphatic rings. The van der Waals surface area contributed by atoms with E-state index in [0.29, 0.717) is 35.3 Å². The van der Waals surface area contributed by atoms with E-state index in [1.807, 2.05) is 18.2 Å². The van der Waals surface area contributed by atoms with Gasteiger partial charge in [-0.2, -0.15) is 0 Å². The highest BCUT2D eigenvalue weighted by molar-refractivity contribution is 5.94. The van der Waals surface area contributed by atoms with E-state index in [4.69, 9.17) is 18.9 Å². The number of nitrogens with one attached hydrogen (secondary N) is 2. The Morgan fingerprint density at radius 3 is 2.21 bits per heavy atom. The summed E-state index contributed by atoms with van der Waals surface area (Å²) >= 11 is 0. The second-order valence-corrected chi connectivity index (χ2v) is 5.65. The lowest BCUT2D eigenvalue weighted by atomic mass is 10.1. The second-order valence-electron chi connectivity index (χ2n) is 5.65. The summed E-state index contributed by atoms with van der Waals surface area (Å²) in [4.78, 5) is 16.1. The molecule has 150 valence electrons. The zero-order valence-electron chi connectivity index (χ0n) is 16.7. The molecular formula is C20H25N3O5. The van der Waals surface area contributed by atoms with Crippen LogP contribution in [0.15, 0.2) is 41.4 Å². The molecule has 2 aromatic carbocycles. The Balaban J connectivity index is 2.09. The van der Waals surface area contributed by atoms with Gasteiger partial charge in [0.15, 0.2) is 17.5 Å². The van der Waals surface area contributed by atoms with Crippen molar-refractivity contribution in [3.8, 4) is 17.2 Å². The summed E-state index contributed by atoms with van der Waals surface area (Å²) in [5.41, 5.74) is 2.03. The summed E-state index contributed by atoms with van der Waals surface area (Å²) in [5, 5.41) is 6.38. The van der Waals surface area contributed by atoms with Crippen LogP contribution in [0.25, 0.3) is 0 Å². The van der Waals surface area contributed by atoms with E-state index in [1.165, 1.54) is 14.2 Å². The molecule has 0 aromatic heterocycles. The summed E-state index contributed by atoms with van der Waals surface area (Å²) in [7, 11) is 7.68. The molecule has 2 rings (SSSR count). The number of nitrogens with zero attached hydrogens (tertiary/aromatic N) is 1. The van der Waals surface area contributed by atoms with Gasteiger partial charge < -0.3 is 29.6 Å². The average molecular weight is 387 g/mol. The van der Waals surface area contributed by atoms with E-state index in [-0.39, 0.29) is 0 Å². The first-order chi connectivity index (χ1) is 13.6. The lowest BCUT2D eigenvalue weighted by molar-refractivity contribution is 0.0597. The molecule has 2 aromatic rings. The maximum atomic E-state index is 11.9. The van der Waals surface area contributed by atoms with Crippen LogP contribution in [0.5, 0.6) is 17.2 Å². The molecule has 0 spiro atoms. The maximum absolute atomic E-state index is 11.9. The molecule has 0 amide bonds. The van der Waals surface area contributed by atoms with Crippen LogP contribution in [0.2, 0.25) is 0 Å². The third kappa shape index (κ3) is 5.06. The van der Waals surface area contributed by atoms with Gasteiger partial charge in [0.05, 0.1) is 28.4 Å². The van der Waals surface area contributed by atoms with Gasteiger partial charge in [0.2, 0.25) is 0 Å². The molecule has 0 aliphatic carbocycles. The van der Waals surface area contributed by atoms with Crippen LogP contribution in [0, 0.1) is 0 Å². The highest BCUT2D eigenvalue weighted by atomic mass is 16.5. The van der Waals surface area contributed by atoms with E-state index >= 15 is 0 Å². The molecule has 0 bridgehead atoms. The lowest BCUT2D eigenvalue weighted by Crippen LogP contribution is -2.30. The first-order valence-electron chi connectivity index (χ1n) is 8.51. The van der Waals surface area contributed by atoms with Crippen LogP contribution in [0.3, 0.4) is 0 Å². The van der Waals surface area contributed by atoms with Gasteiger partial charge in [-0.1, -0.05) is 6.07 Å². The van der Waals surface area contributed by atoms with E-state index < -0.39 is 5.97 Å². The summed E-state index contributed by atoms with van der Waals surface area (Å²) in [6, 6.07) is 10.8. The Bertz CT molecular complexity index is 852. The van der Waals surface area contributed by atoms with Crippen molar-refractivity contribution < 1.29 is 23.7 Å². The normalized spacial score (nSPS) is 10.8. The number of guanidine groups is 1. The minimum atomic E-state index is -0.452. The number of benzene rings is 2.